The molecule has 7 nitrogen and oxygen atoms in total. The number of benzene rings is 1. The van der Waals surface area contributed by atoms with Crippen molar-refractivity contribution in [3.8, 4) is 0 Å². The maximum Gasteiger partial charge on any atom is 0.345 e. The van der Waals surface area contributed by atoms with Crippen LogP contribution in [0.5, 0.6) is 0 Å². The molecule has 1 aliphatic heterocycles. The summed E-state index contributed by atoms with van der Waals surface area (Å²) in [6.45, 7) is 0. The van der Waals surface area contributed by atoms with Crippen LogP contribution in [0.15, 0.2) is 66.0 Å². The van der Waals surface area contributed by atoms with E-state index in [2.05, 4.69) is 15.3 Å². The third kappa shape index (κ3) is 3.16. The summed E-state index contributed by atoms with van der Waals surface area (Å²) in [5, 5.41) is 13.5. The molecule has 0 fully saturated rings. The molecule has 0 spiro atoms. The number of nitrogens with one attached hydrogen (secondary N) is 2. The smallest absolute Gasteiger partial charge is 0.345 e. The van der Waals surface area contributed by atoms with Crippen molar-refractivity contribution in [3.05, 3.63) is 76.6 Å². The summed E-state index contributed by atoms with van der Waals surface area (Å²) in [6.07, 6.45) is 4.80. The van der Waals surface area contributed by atoms with Crippen LogP contribution in [0.25, 0.3) is 17.1 Å². The first-order chi connectivity index (χ1) is 13.0. The minimum absolute atomic E-state index is 0.0957. The number of fused-ring (bicyclic) bond motifs is 1. The van der Waals surface area contributed by atoms with E-state index >= 15 is 0 Å². The topological polar surface area (TPSA) is 104 Å². The quantitative estimate of drug-likeness (QED) is 0.471. The average molecular weight is 382 g/mol. The molecular formula is C19H12ClN3O4. The maximum absolute atomic E-state index is 12.6. The number of halogens is 1. The second-order valence-electron chi connectivity index (χ2n) is 5.73. The van der Waals surface area contributed by atoms with E-state index in [1.165, 1.54) is 6.08 Å². The number of carboxylic acids is 1. The van der Waals surface area contributed by atoms with Gasteiger partial charge in [0, 0.05) is 34.1 Å². The number of rotatable bonds is 4. The third-order valence-electron chi connectivity index (χ3n) is 3.96. The predicted octanol–water partition coefficient (Wildman–Crippen LogP) is 3.56. The molecule has 0 saturated carbocycles. The number of anilines is 1. The van der Waals surface area contributed by atoms with Crippen molar-refractivity contribution in [2.24, 2.45) is 0 Å². The van der Waals surface area contributed by atoms with E-state index in [-0.39, 0.29) is 11.6 Å². The van der Waals surface area contributed by atoms with Gasteiger partial charge in [0.05, 0.1) is 0 Å². The Morgan fingerprint density at radius 3 is 2.93 bits per heavy atom. The number of aromatic nitrogens is 2. The van der Waals surface area contributed by atoms with Crippen molar-refractivity contribution in [1.29, 1.82) is 0 Å². The number of ketones is 1. The normalized spacial score (nSPS) is 15.4. The van der Waals surface area contributed by atoms with Crippen molar-refractivity contribution in [1.82, 2.24) is 9.97 Å². The Morgan fingerprint density at radius 2 is 2.15 bits per heavy atom. The molecule has 0 saturated heterocycles. The molecule has 0 aliphatic carbocycles. The van der Waals surface area contributed by atoms with Gasteiger partial charge in [-0.25, -0.2) is 9.78 Å². The number of hydrogen-bond acceptors (Lipinski definition) is 5. The van der Waals surface area contributed by atoms with Crippen LogP contribution in [0, 0.1) is 0 Å². The van der Waals surface area contributed by atoms with Crippen LogP contribution < -0.4 is 5.32 Å². The SMILES string of the molecule is O=C(O)C1=C(Nc2cccc(Cl)c2)OC(=Cc2c[nH]c3ncccc23)C1=O. The van der Waals surface area contributed by atoms with E-state index in [9.17, 15) is 14.7 Å². The zero-order chi connectivity index (χ0) is 19.0. The monoisotopic (exact) mass is 381 g/mol. The Kier molecular flexibility index (Phi) is 4.13. The van der Waals surface area contributed by atoms with Gasteiger partial charge in [0.25, 0.3) is 0 Å². The lowest BCUT2D eigenvalue weighted by Gasteiger charge is -2.08. The first-order valence-electron chi connectivity index (χ1n) is 7.89. The van der Waals surface area contributed by atoms with Gasteiger partial charge in [-0.1, -0.05) is 17.7 Å². The molecule has 8 heteroatoms. The van der Waals surface area contributed by atoms with Gasteiger partial charge in [-0.3, -0.25) is 4.79 Å². The van der Waals surface area contributed by atoms with Gasteiger partial charge in [-0.2, -0.15) is 0 Å². The van der Waals surface area contributed by atoms with Crippen molar-refractivity contribution in [3.63, 3.8) is 0 Å². The Bertz CT molecular complexity index is 1150. The Balaban J connectivity index is 1.70. The molecule has 27 heavy (non-hydrogen) atoms. The molecule has 0 radical (unpaired) electrons. The van der Waals surface area contributed by atoms with Gasteiger partial charge in [0.15, 0.2) is 11.3 Å². The highest BCUT2D eigenvalue weighted by molar-refractivity contribution is 6.31. The number of Topliss-reactive ketones (excluding diaryl/α,β-unsaturated/α-hetero) is 1. The largest absolute Gasteiger partial charge is 0.477 e. The zero-order valence-electron chi connectivity index (χ0n) is 13.7. The van der Waals surface area contributed by atoms with E-state index in [0.717, 1.165) is 5.39 Å². The molecule has 2 aromatic heterocycles. The van der Waals surface area contributed by atoms with Crippen LogP contribution in [-0.4, -0.2) is 26.8 Å². The fourth-order valence-corrected chi connectivity index (χ4v) is 2.94. The minimum atomic E-state index is -1.38. The summed E-state index contributed by atoms with van der Waals surface area (Å²) < 4.78 is 5.54. The van der Waals surface area contributed by atoms with Gasteiger partial charge in [0.2, 0.25) is 11.7 Å². The first kappa shape index (κ1) is 16.9. The Labute approximate surface area is 157 Å². The molecule has 3 N–H and O–H groups in total. The second kappa shape index (κ2) is 6.62. The van der Waals surface area contributed by atoms with E-state index in [4.69, 9.17) is 16.3 Å². The third-order valence-corrected chi connectivity index (χ3v) is 4.19. The molecule has 1 aromatic carbocycles. The van der Waals surface area contributed by atoms with E-state index < -0.39 is 17.3 Å². The van der Waals surface area contributed by atoms with E-state index in [1.807, 2.05) is 6.07 Å². The van der Waals surface area contributed by atoms with Crippen LogP contribution in [0.3, 0.4) is 0 Å². The second-order valence-corrected chi connectivity index (χ2v) is 6.16. The lowest BCUT2D eigenvalue weighted by atomic mass is 10.1. The number of aromatic amines is 1. The van der Waals surface area contributed by atoms with Gasteiger partial charge in [0.1, 0.15) is 5.65 Å². The molecule has 4 rings (SSSR count). The highest BCUT2D eigenvalue weighted by Crippen LogP contribution is 2.30. The number of aliphatic carboxylic acids is 1. The fraction of sp³-hybridized carbons (Fsp3) is 0. The molecule has 0 unspecified atom stereocenters. The predicted molar refractivity (Wildman–Crippen MR) is 99.9 cm³/mol. The van der Waals surface area contributed by atoms with Crippen LogP contribution in [0.4, 0.5) is 5.69 Å². The standard InChI is InChI=1S/C19H12ClN3O4/c20-11-3-1-4-12(8-11)23-18-15(19(25)26)16(24)14(27-18)7-10-9-22-17-13(10)5-2-6-21-17/h1-9,23H,(H,21,22)(H,25,26). The number of hydrogen-bond donors (Lipinski definition) is 3. The average Bonchev–Trinajstić information content (AvgIpc) is 3.17. The molecule has 0 bridgehead atoms. The number of carbonyl (C=O) groups is 2. The number of ether oxygens (including phenoxy) is 1. The van der Waals surface area contributed by atoms with E-state index in [0.29, 0.717) is 21.9 Å². The molecular weight excluding hydrogens is 370 g/mol. The number of pyridine rings is 1. The van der Waals surface area contributed by atoms with Gasteiger partial charge < -0.3 is 20.1 Å². The first-order valence-corrected chi connectivity index (χ1v) is 8.27. The highest BCUT2D eigenvalue weighted by Gasteiger charge is 2.36. The van der Waals surface area contributed by atoms with Crippen molar-refractivity contribution >= 4 is 46.2 Å². The lowest BCUT2D eigenvalue weighted by Crippen LogP contribution is -2.12. The molecule has 3 heterocycles. The minimum Gasteiger partial charge on any atom is -0.477 e. The summed E-state index contributed by atoms with van der Waals surface area (Å²) >= 11 is 5.94. The summed E-state index contributed by atoms with van der Waals surface area (Å²) in [5.74, 6) is -2.35. The molecule has 0 atom stereocenters. The van der Waals surface area contributed by atoms with Crippen LogP contribution in [0.1, 0.15) is 5.56 Å². The van der Waals surface area contributed by atoms with Crippen LogP contribution >= 0.6 is 11.6 Å². The summed E-state index contributed by atoms with van der Waals surface area (Å²) in [6, 6.07) is 10.2. The highest BCUT2D eigenvalue weighted by atomic mass is 35.5. The fourth-order valence-electron chi connectivity index (χ4n) is 2.75. The van der Waals surface area contributed by atoms with Crippen molar-refractivity contribution in [2.75, 3.05) is 5.32 Å². The number of carbonyl (C=O) groups excluding carboxylic acids is 1. The lowest BCUT2D eigenvalue weighted by molar-refractivity contribution is -0.134. The van der Waals surface area contributed by atoms with Crippen molar-refractivity contribution < 1.29 is 19.4 Å². The number of allylic oxidation sites excluding steroid dienone is 1. The zero-order valence-corrected chi connectivity index (χ0v) is 14.4. The molecule has 134 valence electrons. The molecule has 1 aliphatic rings. The summed E-state index contributed by atoms with van der Waals surface area (Å²) in [7, 11) is 0. The van der Waals surface area contributed by atoms with Crippen LogP contribution in [0.2, 0.25) is 5.02 Å². The number of nitrogens with zero attached hydrogens (tertiary/aromatic N) is 1. The van der Waals surface area contributed by atoms with Gasteiger partial charge in [-0.05, 0) is 36.4 Å². The van der Waals surface area contributed by atoms with Crippen molar-refractivity contribution in [2.45, 2.75) is 0 Å². The number of carboxylic acid groups (broad SMARTS) is 1. The maximum atomic E-state index is 12.6. The van der Waals surface area contributed by atoms with E-state index in [1.54, 1.807) is 42.7 Å². The van der Waals surface area contributed by atoms with Gasteiger partial charge >= 0.3 is 5.97 Å². The summed E-state index contributed by atoms with van der Waals surface area (Å²) in [4.78, 5) is 31.3. The van der Waals surface area contributed by atoms with Gasteiger partial charge in [-0.15, -0.1) is 0 Å². The summed E-state index contributed by atoms with van der Waals surface area (Å²) in [5.41, 5.74) is 1.34. The molecule has 3 aromatic rings. The van der Waals surface area contributed by atoms with Crippen LogP contribution in [-0.2, 0) is 14.3 Å². The Morgan fingerprint density at radius 1 is 1.30 bits per heavy atom. The number of H-pyrrole nitrogens is 1. The Hall–Kier alpha value is -3.58. The molecule has 0 amide bonds.